The van der Waals surface area contributed by atoms with Crippen LogP contribution in [0.25, 0.3) is 0 Å². The van der Waals surface area contributed by atoms with Gasteiger partial charge >= 0.3 is 6.09 Å². The first kappa shape index (κ1) is 16.3. The van der Waals surface area contributed by atoms with Gasteiger partial charge in [0.2, 0.25) is 0 Å². The Balaban J connectivity index is 1.42. The number of piperazine rings is 1. The van der Waals surface area contributed by atoms with Crippen LogP contribution in [0.1, 0.15) is 31.2 Å². The molecule has 0 radical (unpaired) electrons. The number of carbonyl (C=O) groups is 1. The maximum atomic E-state index is 12.2. The van der Waals surface area contributed by atoms with Gasteiger partial charge in [0, 0.05) is 38.3 Å². The molecule has 2 aliphatic rings. The molecule has 1 aliphatic carbocycles. The standard InChI is InChI=1S/C18H27N3O2/c19-16-7-4-8-17(13-16)20-9-11-21(12-10-20)18(22)23-14-15-5-2-1-3-6-15/h1-3,5-6,16-17H,4,7-14,19H2/t16-,17?/m1/s1. The molecule has 1 aromatic rings. The summed E-state index contributed by atoms with van der Waals surface area (Å²) < 4.78 is 5.41. The molecule has 1 unspecified atom stereocenters. The van der Waals surface area contributed by atoms with E-state index in [-0.39, 0.29) is 6.09 Å². The summed E-state index contributed by atoms with van der Waals surface area (Å²) in [5, 5.41) is 0. The number of amides is 1. The molecule has 2 atom stereocenters. The molecule has 23 heavy (non-hydrogen) atoms. The van der Waals surface area contributed by atoms with Crippen molar-refractivity contribution in [2.45, 2.75) is 44.4 Å². The molecule has 1 heterocycles. The van der Waals surface area contributed by atoms with E-state index in [0.717, 1.165) is 44.6 Å². The van der Waals surface area contributed by atoms with Crippen LogP contribution in [0.5, 0.6) is 0 Å². The zero-order valence-electron chi connectivity index (χ0n) is 13.7. The van der Waals surface area contributed by atoms with Crippen LogP contribution < -0.4 is 5.73 Å². The van der Waals surface area contributed by atoms with Gasteiger partial charge in [-0.3, -0.25) is 4.90 Å². The summed E-state index contributed by atoms with van der Waals surface area (Å²) in [5.74, 6) is 0. The van der Waals surface area contributed by atoms with Gasteiger partial charge in [-0.05, 0) is 24.8 Å². The highest BCUT2D eigenvalue weighted by Gasteiger charge is 2.29. The molecule has 1 amide bonds. The topological polar surface area (TPSA) is 58.8 Å². The monoisotopic (exact) mass is 317 g/mol. The smallest absolute Gasteiger partial charge is 0.410 e. The van der Waals surface area contributed by atoms with Crippen LogP contribution in [-0.2, 0) is 11.3 Å². The van der Waals surface area contributed by atoms with Crippen molar-refractivity contribution < 1.29 is 9.53 Å². The van der Waals surface area contributed by atoms with Crippen molar-refractivity contribution in [1.82, 2.24) is 9.80 Å². The zero-order chi connectivity index (χ0) is 16.1. The van der Waals surface area contributed by atoms with Crippen LogP contribution in [0.4, 0.5) is 4.79 Å². The number of hydrogen-bond acceptors (Lipinski definition) is 4. The maximum absolute atomic E-state index is 12.2. The van der Waals surface area contributed by atoms with Crippen LogP contribution in [-0.4, -0.2) is 54.2 Å². The van der Waals surface area contributed by atoms with Crippen LogP contribution >= 0.6 is 0 Å². The molecular formula is C18H27N3O2. The largest absolute Gasteiger partial charge is 0.445 e. The lowest BCUT2D eigenvalue weighted by atomic mass is 9.90. The number of nitrogens with zero attached hydrogens (tertiary/aromatic N) is 2. The number of carbonyl (C=O) groups excluding carboxylic acids is 1. The van der Waals surface area contributed by atoms with Crippen molar-refractivity contribution in [3.63, 3.8) is 0 Å². The van der Waals surface area contributed by atoms with Crippen molar-refractivity contribution in [3.05, 3.63) is 35.9 Å². The molecule has 0 bridgehead atoms. The van der Waals surface area contributed by atoms with Crippen LogP contribution in [0.3, 0.4) is 0 Å². The van der Waals surface area contributed by atoms with E-state index < -0.39 is 0 Å². The fourth-order valence-electron chi connectivity index (χ4n) is 3.61. The Hall–Kier alpha value is -1.59. The number of hydrogen-bond donors (Lipinski definition) is 1. The number of ether oxygens (including phenoxy) is 1. The number of rotatable bonds is 3. The molecule has 1 saturated carbocycles. The van der Waals surface area contributed by atoms with E-state index in [0.29, 0.717) is 18.7 Å². The van der Waals surface area contributed by atoms with Gasteiger partial charge < -0.3 is 15.4 Å². The van der Waals surface area contributed by atoms with Crippen LogP contribution in [0, 0.1) is 0 Å². The Kier molecular flexibility index (Phi) is 5.51. The van der Waals surface area contributed by atoms with E-state index in [9.17, 15) is 4.79 Å². The predicted octanol–water partition coefficient (Wildman–Crippen LogP) is 2.21. The lowest BCUT2D eigenvalue weighted by Crippen LogP contribution is -2.53. The average Bonchev–Trinajstić information content (AvgIpc) is 2.61. The van der Waals surface area contributed by atoms with Gasteiger partial charge in [0.1, 0.15) is 6.61 Å². The highest BCUT2D eigenvalue weighted by atomic mass is 16.6. The molecule has 0 aromatic heterocycles. The van der Waals surface area contributed by atoms with E-state index in [2.05, 4.69) is 4.90 Å². The summed E-state index contributed by atoms with van der Waals surface area (Å²) >= 11 is 0. The first-order chi connectivity index (χ1) is 11.2. The number of benzene rings is 1. The molecule has 2 fully saturated rings. The molecule has 2 N–H and O–H groups in total. The van der Waals surface area contributed by atoms with Gasteiger partial charge in [-0.25, -0.2) is 4.79 Å². The minimum Gasteiger partial charge on any atom is -0.445 e. The molecule has 0 spiro atoms. The highest BCUT2D eigenvalue weighted by Crippen LogP contribution is 2.23. The molecule has 1 aromatic carbocycles. The molecular weight excluding hydrogens is 290 g/mol. The second kappa shape index (κ2) is 7.79. The average molecular weight is 317 g/mol. The quantitative estimate of drug-likeness (QED) is 0.928. The minimum absolute atomic E-state index is 0.200. The summed E-state index contributed by atoms with van der Waals surface area (Å²) in [6, 6.07) is 10.8. The third-order valence-electron chi connectivity index (χ3n) is 4.98. The van der Waals surface area contributed by atoms with E-state index in [1.807, 2.05) is 35.2 Å². The Morgan fingerprint density at radius 3 is 2.57 bits per heavy atom. The number of nitrogens with two attached hydrogens (primary N) is 1. The van der Waals surface area contributed by atoms with Crippen molar-refractivity contribution in [3.8, 4) is 0 Å². The Morgan fingerprint density at radius 2 is 1.87 bits per heavy atom. The molecule has 5 nitrogen and oxygen atoms in total. The first-order valence-corrected chi connectivity index (χ1v) is 8.67. The molecule has 5 heteroatoms. The fourth-order valence-corrected chi connectivity index (χ4v) is 3.61. The second-order valence-corrected chi connectivity index (χ2v) is 6.64. The fraction of sp³-hybridized carbons (Fsp3) is 0.611. The van der Waals surface area contributed by atoms with Gasteiger partial charge in [0.15, 0.2) is 0 Å². The third kappa shape index (κ3) is 4.45. The summed E-state index contributed by atoms with van der Waals surface area (Å²) in [7, 11) is 0. The Bertz CT molecular complexity index is 500. The first-order valence-electron chi connectivity index (χ1n) is 8.67. The SMILES string of the molecule is N[C@@H]1CCCC(N2CCN(C(=O)OCc3ccccc3)CC2)C1. The molecule has 1 aliphatic heterocycles. The zero-order valence-corrected chi connectivity index (χ0v) is 13.7. The van der Waals surface area contributed by atoms with E-state index in [4.69, 9.17) is 10.5 Å². The van der Waals surface area contributed by atoms with Gasteiger partial charge in [-0.2, -0.15) is 0 Å². The van der Waals surface area contributed by atoms with Crippen LogP contribution in [0.2, 0.25) is 0 Å². The summed E-state index contributed by atoms with van der Waals surface area (Å²) in [5.41, 5.74) is 7.11. The van der Waals surface area contributed by atoms with Crippen molar-refractivity contribution in [2.24, 2.45) is 5.73 Å². The third-order valence-corrected chi connectivity index (χ3v) is 4.98. The molecule has 3 rings (SSSR count). The maximum Gasteiger partial charge on any atom is 0.410 e. The summed E-state index contributed by atoms with van der Waals surface area (Å²) in [6.07, 6.45) is 4.52. The van der Waals surface area contributed by atoms with Crippen molar-refractivity contribution in [1.29, 1.82) is 0 Å². The van der Waals surface area contributed by atoms with E-state index >= 15 is 0 Å². The van der Waals surface area contributed by atoms with Gasteiger partial charge in [0.05, 0.1) is 0 Å². The normalized spacial score (nSPS) is 26.0. The Morgan fingerprint density at radius 1 is 1.13 bits per heavy atom. The summed E-state index contributed by atoms with van der Waals surface area (Å²) in [4.78, 5) is 16.5. The van der Waals surface area contributed by atoms with Gasteiger partial charge in [0.25, 0.3) is 0 Å². The van der Waals surface area contributed by atoms with Crippen molar-refractivity contribution in [2.75, 3.05) is 26.2 Å². The van der Waals surface area contributed by atoms with E-state index in [1.54, 1.807) is 0 Å². The Labute approximate surface area is 138 Å². The highest BCUT2D eigenvalue weighted by molar-refractivity contribution is 5.67. The van der Waals surface area contributed by atoms with E-state index in [1.165, 1.54) is 12.8 Å². The minimum atomic E-state index is -0.200. The predicted molar refractivity (Wildman–Crippen MR) is 90.0 cm³/mol. The van der Waals surface area contributed by atoms with Crippen LogP contribution in [0.15, 0.2) is 30.3 Å². The van der Waals surface area contributed by atoms with Gasteiger partial charge in [-0.15, -0.1) is 0 Å². The second-order valence-electron chi connectivity index (χ2n) is 6.64. The summed E-state index contributed by atoms with van der Waals surface area (Å²) in [6.45, 7) is 3.70. The lowest BCUT2D eigenvalue weighted by molar-refractivity contribution is 0.0511. The lowest BCUT2D eigenvalue weighted by Gasteiger charge is -2.41. The van der Waals surface area contributed by atoms with Gasteiger partial charge in [-0.1, -0.05) is 36.8 Å². The molecule has 126 valence electrons. The molecule has 1 saturated heterocycles. The van der Waals surface area contributed by atoms with Crippen molar-refractivity contribution >= 4 is 6.09 Å².